The summed E-state index contributed by atoms with van der Waals surface area (Å²) in [6.07, 6.45) is -0.0123. The van der Waals surface area contributed by atoms with E-state index in [9.17, 15) is 9.18 Å². The Morgan fingerprint density at radius 3 is 2.87 bits per heavy atom. The maximum atomic E-state index is 12.7. The Bertz CT molecular complexity index is 368. The third-order valence-electron chi connectivity index (χ3n) is 2.01. The predicted molar refractivity (Wildman–Crippen MR) is 51.6 cm³/mol. The Morgan fingerprint density at radius 1 is 1.67 bits per heavy atom. The second-order valence-electron chi connectivity index (χ2n) is 3.10. The summed E-state index contributed by atoms with van der Waals surface area (Å²) in [7, 11) is 1.26. The van der Waals surface area contributed by atoms with Crippen LogP contribution in [0.4, 0.5) is 4.39 Å². The first-order chi connectivity index (χ1) is 7.04. The fourth-order valence-electron chi connectivity index (χ4n) is 1.14. The standard InChI is InChI=1S/C10H12FNO3/c1-15-10(14)5-8(12)6-2-3-7(11)9(13)4-6/h2-4,8,13H,5,12H2,1H3. The van der Waals surface area contributed by atoms with Gasteiger partial charge in [-0.3, -0.25) is 4.79 Å². The molecular formula is C10H12FNO3. The normalized spacial score (nSPS) is 12.2. The molecule has 1 aromatic carbocycles. The van der Waals surface area contributed by atoms with Crippen molar-refractivity contribution < 1.29 is 19.0 Å². The molecule has 0 aliphatic heterocycles. The minimum Gasteiger partial charge on any atom is -0.505 e. The molecular weight excluding hydrogens is 201 g/mol. The van der Waals surface area contributed by atoms with Crippen molar-refractivity contribution in [2.24, 2.45) is 5.73 Å². The van der Waals surface area contributed by atoms with E-state index in [0.717, 1.165) is 6.07 Å². The molecule has 0 aromatic heterocycles. The average Bonchev–Trinajstić information content (AvgIpc) is 2.21. The summed E-state index contributed by atoms with van der Waals surface area (Å²) in [5.74, 6) is -1.65. The van der Waals surface area contributed by atoms with Gasteiger partial charge in [0.25, 0.3) is 0 Å². The van der Waals surface area contributed by atoms with Crippen molar-refractivity contribution in [1.29, 1.82) is 0 Å². The van der Waals surface area contributed by atoms with Crippen molar-refractivity contribution in [2.75, 3.05) is 7.11 Å². The molecule has 0 spiro atoms. The van der Waals surface area contributed by atoms with Gasteiger partial charge in [0, 0.05) is 6.04 Å². The van der Waals surface area contributed by atoms with E-state index in [4.69, 9.17) is 10.8 Å². The Morgan fingerprint density at radius 2 is 2.33 bits per heavy atom. The van der Waals surface area contributed by atoms with E-state index in [1.807, 2.05) is 0 Å². The van der Waals surface area contributed by atoms with E-state index in [1.165, 1.54) is 19.2 Å². The fraction of sp³-hybridized carbons (Fsp3) is 0.300. The number of ether oxygens (including phenoxy) is 1. The minimum absolute atomic E-state index is 0.0123. The number of esters is 1. The highest BCUT2D eigenvalue weighted by atomic mass is 19.1. The highest BCUT2D eigenvalue weighted by Gasteiger charge is 2.13. The van der Waals surface area contributed by atoms with Gasteiger partial charge < -0.3 is 15.6 Å². The number of halogens is 1. The third-order valence-corrected chi connectivity index (χ3v) is 2.01. The molecule has 0 saturated heterocycles. The molecule has 0 radical (unpaired) electrons. The van der Waals surface area contributed by atoms with Crippen LogP contribution in [0.1, 0.15) is 18.0 Å². The molecule has 0 saturated carbocycles. The second kappa shape index (κ2) is 4.75. The van der Waals surface area contributed by atoms with E-state index < -0.39 is 23.6 Å². The van der Waals surface area contributed by atoms with Crippen LogP contribution in [0.3, 0.4) is 0 Å². The smallest absolute Gasteiger partial charge is 0.307 e. The van der Waals surface area contributed by atoms with E-state index in [1.54, 1.807) is 0 Å². The summed E-state index contributed by atoms with van der Waals surface area (Å²) >= 11 is 0. The average molecular weight is 213 g/mol. The molecule has 4 nitrogen and oxygen atoms in total. The summed E-state index contributed by atoms with van der Waals surface area (Å²) < 4.78 is 17.1. The summed E-state index contributed by atoms with van der Waals surface area (Å²) in [5, 5.41) is 9.09. The topological polar surface area (TPSA) is 72.5 Å². The van der Waals surface area contributed by atoms with E-state index >= 15 is 0 Å². The lowest BCUT2D eigenvalue weighted by atomic mass is 10.0. The van der Waals surface area contributed by atoms with Crippen LogP contribution in [-0.2, 0) is 9.53 Å². The molecule has 3 N–H and O–H groups in total. The number of hydrogen-bond acceptors (Lipinski definition) is 4. The van der Waals surface area contributed by atoms with Crippen LogP contribution in [0.5, 0.6) is 5.75 Å². The van der Waals surface area contributed by atoms with Crippen LogP contribution in [-0.4, -0.2) is 18.2 Å². The van der Waals surface area contributed by atoms with Crippen molar-refractivity contribution >= 4 is 5.97 Å². The molecule has 1 rings (SSSR count). The summed E-state index contributed by atoms with van der Waals surface area (Å²) in [4.78, 5) is 10.9. The first-order valence-corrected chi connectivity index (χ1v) is 4.35. The van der Waals surface area contributed by atoms with Gasteiger partial charge >= 0.3 is 5.97 Å². The first kappa shape index (κ1) is 11.5. The minimum atomic E-state index is -0.719. The summed E-state index contributed by atoms with van der Waals surface area (Å²) in [5.41, 5.74) is 6.14. The van der Waals surface area contributed by atoms with Gasteiger partial charge in [-0.25, -0.2) is 4.39 Å². The van der Waals surface area contributed by atoms with Crippen LogP contribution in [0.25, 0.3) is 0 Å². The van der Waals surface area contributed by atoms with E-state index in [2.05, 4.69) is 4.74 Å². The maximum absolute atomic E-state index is 12.7. The van der Waals surface area contributed by atoms with E-state index in [-0.39, 0.29) is 6.42 Å². The zero-order valence-corrected chi connectivity index (χ0v) is 8.24. The quantitative estimate of drug-likeness (QED) is 0.737. The number of methoxy groups -OCH3 is 1. The lowest BCUT2D eigenvalue weighted by Gasteiger charge is -2.10. The van der Waals surface area contributed by atoms with Crippen LogP contribution in [0.15, 0.2) is 18.2 Å². The highest BCUT2D eigenvalue weighted by molar-refractivity contribution is 5.70. The SMILES string of the molecule is COC(=O)CC(N)c1ccc(F)c(O)c1. The molecule has 1 aromatic rings. The molecule has 0 bridgehead atoms. The number of benzene rings is 1. The number of rotatable bonds is 3. The Kier molecular flexibility index (Phi) is 3.62. The fourth-order valence-corrected chi connectivity index (χ4v) is 1.14. The largest absolute Gasteiger partial charge is 0.505 e. The van der Waals surface area contributed by atoms with Crippen molar-refractivity contribution in [2.45, 2.75) is 12.5 Å². The van der Waals surface area contributed by atoms with Gasteiger partial charge in [-0.05, 0) is 17.7 Å². The Balaban J connectivity index is 2.78. The Labute approximate surface area is 86.5 Å². The molecule has 82 valence electrons. The molecule has 0 aliphatic carbocycles. The van der Waals surface area contributed by atoms with Crippen LogP contribution >= 0.6 is 0 Å². The predicted octanol–water partition coefficient (Wildman–Crippen LogP) is 1.09. The van der Waals surface area contributed by atoms with Crippen LogP contribution < -0.4 is 5.73 Å². The molecule has 5 heteroatoms. The molecule has 1 atom stereocenters. The number of carbonyl (C=O) groups excluding carboxylic acids is 1. The molecule has 15 heavy (non-hydrogen) atoms. The number of aromatic hydroxyl groups is 1. The Hall–Kier alpha value is -1.62. The number of hydrogen-bond donors (Lipinski definition) is 2. The number of phenolic OH excluding ortho intramolecular Hbond substituents is 1. The molecule has 0 amide bonds. The van der Waals surface area contributed by atoms with E-state index in [0.29, 0.717) is 5.56 Å². The number of nitrogens with two attached hydrogens (primary N) is 1. The molecule has 0 fully saturated rings. The molecule has 0 heterocycles. The zero-order valence-electron chi connectivity index (χ0n) is 8.24. The van der Waals surface area contributed by atoms with Crippen molar-refractivity contribution in [1.82, 2.24) is 0 Å². The van der Waals surface area contributed by atoms with Crippen molar-refractivity contribution in [3.05, 3.63) is 29.6 Å². The van der Waals surface area contributed by atoms with Gasteiger partial charge in [-0.2, -0.15) is 0 Å². The highest BCUT2D eigenvalue weighted by Crippen LogP contribution is 2.22. The van der Waals surface area contributed by atoms with Crippen LogP contribution in [0.2, 0.25) is 0 Å². The van der Waals surface area contributed by atoms with Crippen molar-refractivity contribution in [3.63, 3.8) is 0 Å². The van der Waals surface area contributed by atoms with Crippen molar-refractivity contribution in [3.8, 4) is 5.75 Å². The maximum Gasteiger partial charge on any atom is 0.307 e. The van der Waals surface area contributed by atoms with Crippen LogP contribution in [0, 0.1) is 5.82 Å². The first-order valence-electron chi connectivity index (χ1n) is 4.35. The van der Waals surface area contributed by atoms with Gasteiger partial charge in [-0.1, -0.05) is 6.07 Å². The molecule has 1 unspecified atom stereocenters. The van der Waals surface area contributed by atoms with Gasteiger partial charge in [0.15, 0.2) is 11.6 Å². The second-order valence-corrected chi connectivity index (χ2v) is 3.10. The third kappa shape index (κ3) is 2.92. The van der Waals surface area contributed by atoms with Gasteiger partial charge in [-0.15, -0.1) is 0 Å². The monoisotopic (exact) mass is 213 g/mol. The van der Waals surface area contributed by atoms with Gasteiger partial charge in [0.2, 0.25) is 0 Å². The number of carbonyl (C=O) groups is 1. The van der Waals surface area contributed by atoms with Gasteiger partial charge in [0.05, 0.1) is 13.5 Å². The summed E-state index contributed by atoms with van der Waals surface area (Å²) in [6, 6.07) is 3.11. The lowest BCUT2D eigenvalue weighted by molar-refractivity contribution is -0.141. The zero-order chi connectivity index (χ0) is 11.4. The molecule has 0 aliphatic rings. The van der Waals surface area contributed by atoms with Gasteiger partial charge in [0.1, 0.15) is 0 Å². The number of phenols is 1. The summed E-state index contributed by atoms with van der Waals surface area (Å²) in [6.45, 7) is 0. The lowest BCUT2D eigenvalue weighted by Crippen LogP contribution is -2.16.